The largest absolute Gasteiger partial charge is 0.299 e. The lowest BCUT2D eigenvalue weighted by Crippen LogP contribution is -2.40. The van der Waals surface area contributed by atoms with Crippen molar-refractivity contribution < 1.29 is 8.42 Å². The normalized spacial score (nSPS) is 17.2. The zero-order chi connectivity index (χ0) is 17.3. The lowest BCUT2D eigenvalue weighted by Gasteiger charge is -2.31. The Kier molecular flexibility index (Phi) is 4.55. The Morgan fingerprint density at radius 1 is 1.29 bits per heavy atom. The summed E-state index contributed by atoms with van der Waals surface area (Å²) < 4.78 is 28.7. The number of aromatic nitrogens is 4. The number of nitrogens with one attached hydrogen (secondary N) is 1. The van der Waals surface area contributed by atoms with Gasteiger partial charge in [0.05, 0.1) is 17.7 Å². The number of H-pyrrole nitrogens is 1. The predicted molar refractivity (Wildman–Crippen MR) is 88.0 cm³/mol. The maximum Gasteiger partial charge on any atom is 0.253 e. The van der Waals surface area contributed by atoms with E-state index in [1.165, 1.54) is 22.9 Å². The molecule has 9 heteroatoms. The van der Waals surface area contributed by atoms with Crippen molar-refractivity contribution in [3.63, 3.8) is 0 Å². The monoisotopic (exact) mass is 351 g/mol. The van der Waals surface area contributed by atoms with Crippen LogP contribution in [0.2, 0.25) is 0 Å². The number of nitrogens with zero attached hydrogens (tertiary/aromatic N) is 4. The molecular weight excluding hydrogens is 330 g/mol. The van der Waals surface area contributed by atoms with Crippen LogP contribution in [-0.4, -0.2) is 45.6 Å². The molecule has 24 heavy (non-hydrogen) atoms. The molecule has 0 bridgehead atoms. The summed E-state index contributed by atoms with van der Waals surface area (Å²) in [6.45, 7) is 4.88. The van der Waals surface area contributed by atoms with Crippen molar-refractivity contribution in [2.75, 3.05) is 13.1 Å². The van der Waals surface area contributed by atoms with Crippen molar-refractivity contribution in [3.05, 3.63) is 40.3 Å². The van der Waals surface area contributed by atoms with Crippen LogP contribution in [-0.2, 0) is 16.6 Å². The van der Waals surface area contributed by atoms with Crippen LogP contribution in [0.25, 0.3) is 0 Å². The fourth-order valence-electron chi connectivity index (χ4n) is 3.18. The molecule has 1 N–H and O–H groups in total. The van der Waals surface area contributed by atoms with Gasteiger partial charge in [-0.15, -0.1) is 0 Å². The Morgan fingerprint density at radius 3 is 2.58 bits per heavy atom. The highest BCUT2D eigenvalue weighted by atomic mass is 32.2. The molecule has 0 saturated carbocycles. The van der Waals surface area contributed by atoms with E-state index < -0.39 is 10.0 Å². The first-order valence-corrected chi connectivity index (χ1v) is 9.36. The summed E-state index contributed by atoms with van der Waals surface area (Å²) in [5, 5.41) is 6.71. The van der Waals surface area contributed by atoms with Gasteiger partial charge in [-0.2, -0.15) is 9.40 Å². The van der Waals surface area contributed by atoms with E-state index >= 15 is 0 Å². The second kappa shape index (κ2) is 6.48. The van der Waals surface area contributed by atoms with Crippen LogP contribution in [0, 0.1) is 19.8 Å². The minimum Gasteiger partial charge on any atom is -0.299 e. The molecule has 0 aliphatic carbocycles. The maximum atomic E-state index is 12.8. The molecule has 3 rings (SSSR count). The molecule has 2 aromatic heterocycles. The first kappa shape index (κ1) is 16.8. The van der Waals surface area contributed by atoms with Gasteiger partial charge in [0.25, 0.3) is 5.56 Å². The summed E-state index contributed by atoms with van der Waals surface area (Å²) in [6, 6.07) is 1.43. The number of sulfonamides is 1. The van der Waals surface area contributed by atoms with Gasteiger partial charge in [-0.3, -0.25) is 14.5 Å². The number of hydrogen-bond donors (Lipinski definition) is 1. The number of piperidine rings is 1. The topological polar surface area (TPSA) is 101 Å². The first-order valence-electron chi connectivity index (χ1n) is 7.92. The van der Waals surface area contributed by atoms with Crippen LogP contribution in [0.3, 0.4) is 0 Å². The van der Waals surface area contributed by atoms with Crippen LogP contribution < -0.4 is 5.56 Å². The fraction of sp³-hybridized carbons (Fsp3) is 0.533. The van der Waals surface area contributed by atoms with Gasteiger partial charge in [0, 0.05) is 31.9 Å². The molecule has 1 aliphatic rings. The third kappa shape index (κ3) is 3.13. The molecule has 8 nitrogen and oxygen atoms in total. The highest BCUT2D eigenvalue weighted by Crippen LogP contribution is 2.27. The van der Waals surface area contributed by atoms with E-state index in [0.29, 0.717) is 31.0 Å². The Labute approximate surface area is 140 Å². The fourth-order valence-corrected chi connectivity index (χ4v) is 4.98. The summed E-state index contributed by atoms with van der Waals surface area (Å²) in [5.74, 6) is 0.268. The second-order valence-corrected chi connectivity index (χ2v) is 8.06. The van der Waals surface area contributed by atoms with Gasteiger partial charge >= 0.3 is 0 Å². The predicted octanol–water partition coefficient (Wildman–Crippen LogP) is 0.684. The molecular formula is C15H21N5O3S. The van der Waals surface area contributed by atoms with Gasteiger partial charge in [0.2, 0.25) is 10.0 Å². The minimum absolute atomic E-state index is 0.0790. The smallest absolute Gasteiger partial charge is 0.253 e. The summed E-state index contributed by atoms with van der Waals surface area (Å²) in [6.07, 6.45) is 4.44. The minimum atomic E-state index is -3.53. The highest BCUT2D eigenvalue weighted by Gasteiger charge is 2.32. The van der Waals surface area contributed by atoms with Crippen molar-refractivity contribution in [1.82, 2.24) is 24.1 Å². The molecule has 0 atom stereocenters. The zero-order valence-corrected chi connectivity index (χ0v) is 14.6. The van der Waals surface area contributed by atoms with E-state index in [4.69, 9.17) is 0 Å². The average molecular weight is 351 g/mol. The standard InChI is InChI=1S/C15H21N5O3S/c1-11-15(12(2)18-17-11)24(22,23)20-7-4-13(5-8-20)9-19-10-16-6-3-14(19)21/h3,6,10,13H,4-5,7-9H2,1-2H3,(H,17,18). The highest BCUT2D eigenvalue weighted by molar-refractivity contribution is 7.89. The van der Waals surface area contributed by atoms with Crippen LogP contribution in [0.5, 0.6) is 0 Å². The Hall–Kier alpha value is -2.00. The van der Waals surface area contributed by atoms with Crippen molar-refractivity contribution >= 4 is 10.0 Å². The van der Waals surface area contributed by atoms with E-state index in [9.17, 15) is 13.2 Å². The van der Waals surface area contributed by atoms with Crippen LogP contribution in [0.1, 0.15) is 24.2 Å². The molecule has 0 aromatic carbocycles. The van der Waals surface area contributed by atoms with E-state index in [0.717, 1.165) is 12.8 Å². The van der Waals surface area contributed by atoms with Gasteiger partial charge < -0.3 is 0 Å². The van der Waals surface area contributed by atoms with Crippen molar-refractivity contribution in [3.8, 4) is 0 Å². The van der Waals surface area contributed by atoms with Crippen LogP contribution >= 0.6 is 0 Å². The molecule has 1 aliphatic heterocycles. The number of aryl methyl sites for hydroxylation is 2. The van der Waals surface area contributed by atoms with Gasteiger partial charge in [-0.25, -0.2) is 13.4 Å². The second-order valence-electron chi connectivity index (χ2n) is 6.18. The Bertz CT molecular complexity index is 859. The van der Waals surface area contributed by atoms with Gasteiger partial charge in [-0.05, 0) is 32.6 Å². The Balaban J connectivity index is 1.69. The number of hydrogen-bond acceptors (Lipinski definition) is 5. The molecule has 0 spiro atoms. The van der Waals surface area contributed by atoms with Crippen molar-refractivity contribution in [2.45, 2.75) is 38.1 Å². The number of aromatic amines is 1. The van der Waals surface area contributed by atoms with E-state index in [-0.39, 0.29) is 16.4 Å². The summed E-state index contributed by atoms with van der Waals surface area (Å²) in [7, 11) is -3.53. The van der Waals surface area contributed by atoms with Gasteiger partial charge in [0.15, 0.2) is 0 Å². The molecule has 3 heterocycles. The van der Waals surface area contributed by atoms with Crippen LogP contribution in [0.15, 0.2) is 28.3 Å². The van der Waals surface area contributed by atoms with E-state index in [1.54, 1.807) is 18.4 Å². The average Bonchev–Trinajstić information content (AvgIpc) is 2.89. The summed E-state index contributed by atoms with van der Waals surface area (Å²) in [4.78, 5) is 16.0. The molecule has 0 unspecified atom stereocenters. The lowest BCUT2D eigenvalue weighted by atomic mass is 9.98. The summed E-state index contributed by atoms with van der Waals surface area (Å²) >= 11 is 0. The SMILES string of the molecule is Cc1n[nH]c(C)c1S(=O)(=O)N1CCC(Cn2cnccc2=O)CC1. The lowest BCUT2D eigenvalue weighted by molar-refractivity contribution is 0.250. The van der Waals surface area contributed by atoms with Gasteiger partial charge in [0.1, 0.15) is 4.90 Å². The molecule has 0 radical (unpaired) electrons. The first-order chi connectivity index (χ1) is 11.4. The summed E-state index contributed by atoms with van der Waals surface area (Å²) in [5.41, 5.74) is 0.984. The zero-order valence-electron chi connectivity index (χ0n) is 13.8. The quantitative estimate of drug-likeness (QED) is 0.873. The van der Waals surface area contributed by atoms with Crippen molar-refractivity contribution in [1.29, 1.82) is 0 Å². The van der Waals surface area contributed by atoms with E-state index in [1.807, 2.05) is 0 Å². The molecule has 1 saturated heterocycles. The molecule has 2 aromatic rings. The van der Waals surface area contributed by atoms with Gasteiger partial charge in [-0.1, -0.05) is 0 Å². The van der Waals surface area contributed by atoms with E-state index in [2.05, 4.69) is 15.2 Å². The Morgan fingerprint density at radius 2 is 2.00 bits per heavy atom. The molecule has 0 amide bonds. The third-order valence-electron chi connectivity index (χ3n) is 4.48. The molecule has 1 fully saturated rings. The van der Waals surface area contributed by atoms with Crippen molar-refractivity contribution in [2.24, 2.45) is 5.92 Å². The van der Waals surface area contributed by atoms with Crippen LogP contribution in [0.4, 0.5) is 0 Å². The number of rotatable bonds is 4. The maximum absolute atomic E-state index is 12.8. The third-order valence-corrected chi connectivity index (χ3v) is 6.64. The molecule has 130 valence electrons.